The number of carbonyl (C=O) groups excluding carboxylic acids is 1. The maximum absolute atomic E-state index is 10.6. The summed E-state index contributed by atoms with van der Waals surface area (Å²) in [6.45, 7) is 7.65. The molecular weight excluding hydrogens is 180 g/mol. The van der Waals surface area contributed by atoms with E-state index in [9.17, 15) is 4.79 Å². The Morgan fingerprint density at radius 2 is 2.22 bits per heavy atom. The fourth-order valence-electron chi connectivity index (χ4n) is 0.440. The van der Waals surface area contributed by atoms with Crippen LogP contribution in [-0.2, 0) is 4.79 Å². The van der Waals surface area contributed by atoms with Crippen molar-refractivity contribution in [2.24, 2.45) is 5.92 Å². The molecule has 0 amide bonds. The van der Waals surface area contributed by atoms with Crippen molar-refractivity contribution < 1.29 is 4.79 Å². The molecule has 0 aliphatic rings. The van der Waals surface area contributed by atoms with Crippen LogP contribution in [0, 0.1) is 5.92 Å². The van der Waals surface area contributed by atoms with Crippen LogP contribution >= 0.6 is 15.9 Å². The fourth-order valence-corrected chi connectivity index (χ4v) is 0.831. The monoisotopic (exact) mass is 190 g/mol. The third kappa shape index (κ3) is 2.80. The molecule has 0 saturated heterocycles. The summed E-state index contributed by atoms with van der Waals surface area (Å²) in [7, 11) is 0. The minimum Gasteiger partial charge on any atom is -0.281 e. The molecule has 0 heterocycles. The molecule has 0 aromatic rings. The molecule has 1 nitrogen and oxygen atoms in total. The average Bonchev–Trinajstić information content (AvgIpc) is 1.84. The number of hydrogen-bond acceptors (Lipinski definition) is 1. The molecular formula is C7H11BrO. The first-order valence-electron chi connectivity index (χ1n) is 2.98. The van der Waals surface area contributed by atoms with Gasteiger partial charge in [0.2, 0.25) is 4.69 Å². The lowest BCUT2D eigenvalue weighted by Gasteiger charge is -2.05. The van der Waals surface area contributed by atoms with Crippen molar-refractivity contribution >= 4 is 20.6 Å². The lowest BCUT2D eigenvalue weighted by molar-refractivity contribution is -0.107. The maximum atomic E-state index is 10.6. The van der Waals surface area contributed by atoms with Gasteiger partial charge in [-0.1, -0.05) is 20.4 Å². The van der Waals surface area contributed by atoms with Gasteiger partial charge in [0.05, 0.1) is 0 Å². The number of allylic oxidation sites excluding steroid dienone is 1. The van der Waals surface area contributed by atoms with Crippen LogP contribution < -0.4 is 0 Å². The van der Waals surface area contributed by atoms with Crippen LogP contribution in [0.2, 0.25) is 0 Å². The van der Waals surface area contributed by atoms with Crippen molar-refractivity contribution in [1.29, 1.82) is 0 Å². The Labute approximate surface area is 64.3 Å². The van der Waals surface area contributed by atoms with Gasteiger partial charge in [-0.2, -0.15) is 0 Å². The Morgan fingerprint density at radius 3 is 2.33 bits per heavy atom. The zero-order valence-corrected chi connectivity index (χ0v) is 7.36. The first kappa shape index (κ1) is 8.89. The van der Waals surface area contributed by atoms with Gasteiger partial charge in [0.15, 0.2) is 0 Å². The number of rotatable bonds is 3. The van der Waals surface area contributed by atoms with E-state index in [4.69, 9.17) is 0 Å². The summed E-state index contributed by atoms with van der Waals surface area (Å²) < 4.78 is -0.0724. The SMILES string of the molecule is C=C(C(=O)Br)C(C)CC. The lowest BCUT2D eigenvalue weighted by Crippen LogP contribution is -2.01. The summed E-state index contributed by atoms with van der Waals surface area (Å²) in [5.41, 5.74) is 0.664. The predicted molar refractivity (Wildman–Crippen MR) is 42.5 cm³/mol. The molecule has 0 aliphatic heterocycles. The van der Waals surface area contributed by atoms with Gasteiger partial charge in [0.1, 0.15) is 0 Å². The molecule has 1 unspecified atom stereocenters. The maximum Gasteiger partial charge on any atom is 0.223 e. The first-order valence-corrected chi connectivity index (χ1v) is 3.77. The van der Waals surface area contributed by atoms with Gasteiger partial charge in [-0.05, 0) is 28.3 Å². The summed E-state index contributed by atoms with van der Waals surface area (Å²) in [5.74, 6) is 0.303. The van der Waals surface area contributed by atoms with Crippen molar-refractivity contribution in [1.82, 2.24) is 0 Å². The summed E-state index contributed by atoms with van der Waals surface area (Å²) in [4.78, 5) is 10.6. The molecule has 0 radical (unpaired) electrons. The number of halogens is 1. The summed E-state index contributed by atoms with van der Waals surface area (Å²) >= 11 is 2.84. The van der Waals surface area contributed by atoms with E-state index in [2.05, 4.69) is 22.5 Å². The van der Waals surface area contributed by atoms with Crippen LogP contribution in [-0.4, -0.2) is 4.69 Å². The molecule has 0 aromatic heterocycles. The van der Waals surface area contributed by atoms with E-state index in [0.717, 1.165) is 6.42 Å². The van der Waals surface area contributed by atoms with Crippen LogP contribution in [0.1, 0.15) is 20.3 Å². The molecule has 0 spiro atoms. The standard InChI is InChI=1S/C7H11BrO/c1-4-5(2)6(3)7(8)9/h5H,3-4H2,1-2H3. The van der Waals surface area contributed by atoms with E-state index < -0.39 is 0 Å². The highest BCUT2D eigenvalue weighted by molar-refractivity contribution is 9.18. The minimum absolute atomic E-state index is 0.0724. The van der Waals surface area contributed by atoms with Gasteiger partial charge in [-0.15, -0.1) is 0 Å². The summed E-state index contributed by atoms with van der Waals surface area (Å²) in [6, 6.07) is 0. The second-order valence-electron chi connectivity index (χ2n) is 2.11. The van der Waals surface area contributed by atoms with Gasteiger partial charge < -0.3 is 0 Å². The third-order valence-electron chi connectivity index (χ3n) is 1.46. The van der Waals surface area contributed by atoms with E-state index in [0.29, 0.717) is 11.5 Å². The zero-order chi connectivity index (χ0) is 7.44. The second-order valence-corrected chi connectivity index (χ2v) is 2.83. The van der Waals surface area contributed by atoms with Crippen LogP contribution in [0.5, 0.6) is 0 Å². The Morgan fingerprint density at radius 1 is 1.78 bits per heavy atom. The Hall–Kier alpha value is -0.110. The number of carbonyl (C=O) groups is 1. The van der Waals surface area contributed by atoms with Crippen LogP contribution in [0.4, 0.5) is 0 Å². The summed E-state index contributed by atoms with van der Waals surface area (Å²) in [6.07, 6.45) is 0.968. The second kappa shape index (κ2) is 3.83. The zero-order valence-electron chi connectivity index (χ0n) is 5.78. The molecule has 0 aromatic carbocycles. The predicted octanol–water partition coefficient (Wildman–Crippen LogP) is 2.51. The molecule has 0 rings (SSSR count). The van der Waals surface area contributed by atoms with E-state index in [1.807, 2.05) is 13.8 Å². The first-order chi connectivity index (χ1) is 4.09. The highest BCUT2D eigenvalue weighted by atomic mass is 79.9. The van der Waals surface area contributed by atoms with E-state index >= 15 is 0 Å². The fraction of sp³-hybridized carbons (Fsp3) is 0.571. The van der Waals surface area contributed by atoms with Crippen molar-refractivity contribution in [3.05, 3.63) is 12.2 Å². The van der Waals surface area contributed by atoms with E-state index in [-0.39, 0.29) is 4.69 Å². The van der Waals surface area contributed by atoms with Crippen LogP contribution in [0.25, 0.3) is 0 Å². The van der Waals surface area contributed by atoms with Gasteiger partial charge in [-0.3, -0.25) is 4.79 Å². The van der Waals surface area contributed by atoms with Gasteiger partial charge in [0.25, 0.3) is 0 Å². The van der Waals surface area contributed by atoms with Gasteiger partial charge >= 0.3 is 0 Å². The number of hydrogen-bond donors (Lipinski definition) is 0. The highest BCUT2D eigenvalue weighted by Gasteiger charge is 2.08. The molecule has 0 saturated carbocycles. The molecule has 0 bridgehead atoms. The van der Waals surface area contributed by atoms with Crippen LogP contribution in [0.15, 0.2) is 12.2 Å². The van der Waals surface area contributed by atoms with E-state index in [1.165, 1.54) is 0 Å². The van der Waals surface area contributed by atoms with Gasteiger partial charge in [-0.25, -0.2) is 0 Å². The molecule has 0 aliphatic carbocycles. The molecule has 1 atom stereocenters. The Kier molecular flexibility index (Phi) is 3.78. The third-order valence-corrected chi connectivity index (χ3v) is 1.97. The normalized spacial score (nSPS) is 12.8. The quantitative estimate of drug-likeness (QED) is 0.494. The molecule has 0 N–H and O–H groups in total. The van der Waals surface area contributed by atoms with Crippen LogP contribution in [0.3, 0.4) is 0 Å². The van der Waals surface area contributed by atoms with Crippen molar-refractivity contribution in [2.75, 3.05) is 0 Å². The Bertz CT molecular complexity index is 129. The van der Waals surface area contributed by atoms with Crippen molar-refractivity contribution in [2.45, 2.75) is 20.3 Å². The molecule has 52 valence electrons. The minimum atomic E-state index is -0.0724. The lowest BCUT2D eigenvalue weighted by atomic mass is 10.0. The summed E-state index contributed by atoms with van der Waals surface area (Å²) in [5, 5.41) is 0. The molecule has 9 heavy (non-hydrogen) atoms. The largest absolute Gasteiger partial charge is 0.281 e. The smallest absolute Gasteiger partial charge is 0.223 e. The highest BCUT2D eigenvalue weighted by Crippen LogP contribution is 2.14. The average molecular weight is 191 g/mol. The molecule has 0 fully saturated rings. The van der Waals surface area contributed by atoms with Crippen molar-refractivity contribution in [3.63, 3.8) is 0 Å². The Balaban J connectivity index is 3.88. The van der Waals surface area contributed by atoms with Gasteiger partial charge in [0, 0.05) is 5.57 Å². The topological polar surface area (TPSA) is 17.1 Å². The van der Waals surface area contributed by atoms with Crippen molar-refractivity contribution in [3.8, 4) is 0 Å². The molecule has 2 heteroatoms. The van der Waals surface area contributed by atoms with E-state index in [1.54, 1.807) is 0 Å².